The SMILES string of the molecule is NC1CC2CCCC(C1)C2NC(=O)CSC1CCS(=O)(=O)C1. The van der Waals surface area contributed by atoms with Crippen LogP contribution in [0, 0.1) is 11.8 Å². The van der Waals surface area contributed by atoms with Crippen LogP contribution in [0.15, 0.2) is 0 Å². The highest BCUT2D eigenvalue weighted by Crippen LogP contribution is 2.39. The molecule has 0 aromatic heterocycles. The summed E-state index contributed by atoms with van der Waals surface area (Å²) in [6.07, 6.45) is 6.32. The van der Waals surface area contributed by atoms with Crippen LogP contribution in [-0.4, -0.2) is 48.9 Å². The monoisotopic (exact) mass is 346 g/mol. The van der Waals surface area contributed by atoms with Crippen molar-refractivity contribution in [2.75, 3.05) is 17.3 Å². The molecule has 1 heterocycles. The van der Waals surface area contributed by atoms with Crippen molar-refractivity contribution >= 4 is 27.5 Å². The van der Waals surface area contributed by atoms with Crippen LogP contribution < -0.4 is 11.1 Å². The fraction of sp³-hybridized carbons (Fsp3) is 0.933. The average Bonchev–Trinajstić information content (AvgIpc) is 2.77. The van der Waals surface area contributed by atoms with Crippen LogP contribution >= 0.6 is 11.8 Å². The van der Waals surface area contributed by atoms with E-state index >= 15 is 0 Å². The third kappa shape index (κ3) is 3.97. The van der Waals surface area contributed by atoms with Gasteiger partial charge in [0.2, 0.25) is 5.91 Å². The Hall–Kier alpha value is -0.270. The zero-order chi connectivity index (χ0) is 15.7. The second-order valence-electron chi connectivity index (χ2n) is 7.11. The van der Waals surface area contributed by atoms with Crippen LogP contribution in [0.4, 0.5) is 0 Å². The number of amides is 1. The first kappa shape index (κ1) is 16.6. The van der Waals surface area contributed by atoms with Crippen molar-refractivity contribution < 1.29 is 13.2 Å². The number of carbonyl (C=O) groups excluding carboxylic acids is 1. The first-order valence-electron chi connectivity index (χ1n) is 8.30. The van der Waals surface area contributed by atoms with Gasteiger partial charge in [0.05, 0.1) is 17.3 Å². The fourth-order valence-corrected chi connectivity index (χ4v) is 7.79. The summed E-state index contributed by atoms with van der Waals surface area (Å²) in [7, 11) is -2.86. The summed E-state index contributed by atoms with van der Waals surface area (Å²) in [4.78, 5) is 12.2. The summed E-state index contributed by atoms with van der Waals surface area (Å²) in [6.45, 7) is 0. The van der Waals surface area contributed by atoms with Crippen LogP contribution in [0.2, 0.25) is 0 Å². The molecule has 0 aromatic rings. The highest BCUT2D eigenvalue weighted by Gasteiger charge is 2.40. The van der Waals surface area contributed by atoms with Crippen molar-refractivity contribution in [3.8, 4) is 0 Å². The van der Waals surface area contributed by atoms with Crippen molar-refractivity contribution in [3.05, 3.63) is 0 Å². The van der Waals surface area contributed by atoms with E-state index in [1.54, 1.807) is 0 Å². The molecule has 7 heteroatoms. The minimum atomic E-state index is -2.86. The van der Waals surface area contributed by atoms with Crippen LogP contribution in [0.1, 0.15) is 38.5 Å². The average molecular weight is 347 g/mol. The molecule has 3 atom stereocenters. The van der Waals surface area contributed by atoms with Crippen molar-refractivity contribution in [2.24, 2.45) is 17.6 Å². The minimum absolute atomic E-state index is 0.0617. The van der Waals surface area contributed by atoms with Gasteiger partial charge in [-0.25, -0.2) is 8.42 Å². The second-order valence-corrected chi connectivity index (χ2v) is 10.6. The van der Waals surface area contributed by atoms with E-state index < -0.39 is 9.84 Å². The minimum Gasteiger partial charge on any atom is -0.352 e. The Bertz CT molecular complexity index is 509. The maximum Gasteiger partial charge on any atom is 0.230 e. The van der Waals surface area contributed by atoms with Crippen LogP contribution in [0.25, 0.3) is 0 Å². The lowest BCUT2D eigenvalue weighted by molar-refractivity contribution is -0.120. The second kappa shape index (κ2) is 6.69. The number of hydrogen-bond donors (Lipinski definition) is 2. The Labute approximate surface area is 137 Å². The molecule has 3 N–H and O–H groups in total. The zero-order valence-electron chi connectivity index (χ0n) is 12.9. The zero-order valence-corrected chi connectivity index (χ0v) is 14.5. The van der Waals surface area contributed by atoms with E-state index in [0.29, 0.717) is 30.1 Å². The van der Waals surface area contributed by atoms with Gasteiger partial charge in [0.15, 0.2) is 9.84 Å². The van der Waals surface area contributed by atoms with Crippen LogP contribution in [0.5, 0.6) is 0 Å². The summed E-state index contributed by atoms with van der Waals surface area (Å²) in [6, 6.07) is 0.579. The Morgan fingerprint density at radius 3 is 2.45 bits per heavy atom. The van der Waals surface area contributed by atoms with Gasteiger partial charge in [-0.15, -0.1) is 11.8 Å². The Kier molecular flexibility index (Phi) is 5.04. The maximum atomic E-state index is 12.2. The number of rotatable bonds is 4. The van der Waals surface area contributed by atoms with Gasteiger partial charge in [0, 0.05) is 17.3 Å². The van der Waals surface area contributed by atoms with Crippen molar-refractivity contribution in [3.63, 3.8) is 0 Å². The van der Waals surface area contributed by atoms with Crippen molar-refractivity contribution in [2.45, 2.75) is 55.9 Å². The van der Waals surface area contributed by atoms with Gasteiger partial charge < -0.3 is 11.1 Å². The molecule has 2 aliphatic carbocycles. The van der Waals surface area contributed by atoms with Gasteiger partial charge in [0.25, 0.3) is 0 Å². The molecule has 3 fully saturated rings. The third-order valence-electron chi connectivity index (χ3n) is 5.35. The van der Waals surface area contributed by atoms with E-state index in [1.807, 2.05) is 0 Å². The number of thioether (sulfide) groups is 1. The van der Waals surface area contributed by atoms with Gasteiger partial charge in [-0.05, 0) is 43.9 Å². The molecule has 0 aromatic carbocycles. The number of nitrogens with two attached hydrogens (primary N) is 1. The Morgan fingerprint density at radius 1 is 1.18 bits per heavy atom. The standard InChI is InChI=1S/C15H26N2O3S2/c16-12-6-10-2-1-3-11(7-12)15(10)17-14(18)8-21-13-4-5-22(19,20)9-13/h10-13,15H,1-9,16H2,(H,17,18). The van der Waals surface area contributed by atoms with Crippen molar-refractivity contribution in [1.29, 1.82) is 0 Å². The number of sulfone groups is 1. The summed E-state index contributed by atoms with van der Waals surface area (Å²) in [5.41, 5.74) is 6.11. The van der Waals surface area contributed by atoms with Crippen LogP contribution in [-0.2, 0) is 14.6 Å². The largest absolute Gasteiger partial charge is 0.352 e. The molecule has 5 nitrogen and oxygen atoms in total. The van der Waals surface area contributed by atoms with Crippen molar-refractivity contribution in [1.82, 2.24) is 5.32 Å². The first-order valence-corrected chi connectivity index (χ1v) is 11.2. The molecule has 1 amide bonds. The van der Waals surface area contributed by atoms with Crippen LogP contribution in [0.3, 0.4) is 0 Å². The molecule has 3 rings (SSSR count). The molecule has 1 saturated heterocycles. The maximum absolute atomic E-state index is 12.2. The van der Waals surface area contributed by atoms with Gasteiger partial charge in [0.1, 0.15) is 0 Å². The predicted molar refractivity (Wildman–Crippen MR) is 89.5 cm³/mol. The highest BCUT2D eigenvalue weighted by molar-refractivity contribution is 8.02. The fourth-order valence-electron chi connectivity index (χ4n) is 4.34. The Morgan fingerprint density at radius 2 is 1.86 bits per heavy atom. The summed E-state index contributed by atoms with van der Waals surface area (Å²) in [5.74, 6) is 2.01. The normalized spacial score (nSPS) is 40.3. The van der Waals surface area contributed by atoms with E-state index in [2.05, 4.69) is 5.32 Å². The van der Waals surface area contributed by atoms with E-state index in [9.17, 15) is 13.2 Å². The van der Waals surface area contributed by atoms with Gasteiger partial charge >= 0.3 is 0 Å². The molecular weight excluding hydrogens is 320 g/mol. The lowest BCUT2D eigenvalue weighted by Gasteiger charge is -2.45. The molecule has 1 aliphatic heterocycles. The molecule has 0 radical (unpaired) electrons. The number of carbonyl (C=O) groups is 1. The van der Waals surface area contributed by atoms with E-state index in [1.165, 1.54) is 31.0 Å². The third-order valence-corrected chi connectivity index (χ3v) is 8.63. The predicted octanol–water partition coefficient (Wildman–Crippen LogP) is 0.929. The molecule has 0 spiro atoms. The number of hydrogen-bond acceptors (Lipinski definition) is 5. The number of nitrogens with one attached hydrogen (secondary N) is 1. The lowest BCUT2D eigenvalue weighted by atomic mass is 9.67. The molecule has 3 aliphatic rings. The summed E-state index contributed by atoms with van der Waals surface area (Å²) >= 11 is 1.50. The summed E-state index contributed by atoms with van der Waals surface area (Å²) in [5, 5.41) is 3.31. The topological polar surface area (TPSA) is 89.3 Å². The van der Waals surface area contributed by atoms with Gasteiger partial charge in [-0.3, -0.25) is 4.79 Å². The summed E-state index contributed by atoms with van der Waals surface area (Å²) < 4.78 is 22.9. The smallest absolute Gasteiger partial charge is 0.230 e. The van der Waals surface area contributed by atoms with E-state index in [4.69, 9.17) is 5.73 Å². The quantitative estimate of drug-likeness (QED) is 0.790. The molecule has 22 heavy (non-hydrogen) atoms. The first-order chi connectivity index (χ1) is 10.4. The van der Waals surface area contributed by atoms with Gasteiger partial charge in [-0.2, -0.15) is 0 Å². The van der Waals surface area contributed by atoms with Gasteiger partial charge in [-0.1, -0.05) is 6.42 Å². The molecule has 2 bridgehead atoms. The molecule has 126 valence electrons. The highest BCUT2D eigenvalue weighted by atomic mass is 32.2. The molecule has 3 unspecified atom stereocenters. The lowest BCUT2D eigenvalue weighted by Crippen LogP contribution is -2.54. The number of fused-ring (bicyclic) bond motifs is 2. The molecule has 2 saturated carbocycles. The Balaban J connectivity index is 1.47. The van der Waals surface area contributed by atoms with E-state index in [-0.39, 0.29) is 28.7 Å². The molecular formula is C15H26N2O3S2. The van der Waals surface area contributed by atoms with E-state index in [0.717, 1.165) is 12.8 Å².